The van der Waals surface area contributed by atoms with Gasteiger partial charge in [0.1, 0.15) is 0 Å². The summed E-state index contributed by atoms with van der Waals surface area (Å²) in [6.07, 6.45) is 3.30. The molecule has 3 N–H and O–H groups in total. The molecule has 0 bridgehead atoms. The Balaban J connectivity index is 2.51. The smallest absolute Gasteiger partial charge is 0.198 e. The van der Waals surface area contributed by atoms with Gasteiger partial charge in [-0.3, -0.25) is 4.79 Å². The molecular formula is C11H9ClN2O. The molecule has 4 heteroatoms. The van der Waals surface area contributed by atoms with Crippen LogP contribution in [0, 0.1) is 0 Å². The second-order valence-corrected chi connectivity index (χ2v) is 3.54. The number of anilines is 1. The number of nitrogen functional groups attached to an aromatic ring is 1. The van der Waals surface area contributed by atoms with Gasteiger partial charge in [-0.2, -0.15) is 0 Å². The van der Waals surface area contributed by atoms with E-state index in [0.717, 1.165) is 0 Å². The zero-order valence-electron chi connectivity index (χ0n) is 7.83. The van der Waals surface area contributed by atoms with E-state index < -0.39 is 0 Å². The van der Waals surface area contributed by atoms with Gasteiger partial charge in [0.05, 0.1) is 10.6 Å². The van der Waals surface area contributed by atoms with E-state index in [0.29, 0.717) is 21.8 Å². The Morgan fingerprint density at radius 1 is 1.33 bits per heavy atom. The fraction of sp³-hybridized carbons (Fsp3) is 0. The third-order valence-electron chi connectivity index (χ3n) is 2.13. The maximum Gasteiger partial charge on any atom is 0.198 e. The molecule has 0 saturated carbocycles. The number of aromatic nitrogens is 1. The van der Waals surface area contributed by atoms with Crippen LogP contribution in [0.3, 0.4) is 0 Å². The molecule has 0 radical (unpaired) electrons. The summed E-state index contributed by atoms with van der Waals surface area (Å²) < 4.78 is 0. The maximum atomic E-state index is 12.0. The number of ketones is 1. The van der Waals surface area contributed by atoms with E-state index in [1.54, 1.807) is 36.7 Å². The standard InChI is InChI=1S/C11H9ClN2O/c12-8-2-1-3-9(13)10(8)11(15)7-4-5-14-6-7/h1-6,14H,13H2. The SMILES string of the molecule is Nc1cccc(Cl)c1C(=O)c1cc[nH]c1. The molecule has 76 valence electrons. The molecule has 0 spiro atoms. The number of nitrogens with two attached hydrogens (primary N) is 1. The molecule has 3 nitrogen and oxygen atoms in total. The number of hydrogen-bond acceptors (Lipinski definition) is 2. The van der Waals surface area contributed by atoms with Gasteiger partial charge in [0.15, 0.2) is 5.78 Å². The number of halogens is 1. The van der Waals surface area contributed by atoms with E-state index in [-0.39, 0.29) is 5.78 Å². The molecule has 2 rings (SSSR count). The number of benzene rings is 1. The summed E-state index contributed by atoms with van der Waals surface area (Å²) in [6.45, 7) is 0. The van der Waals surface area contributed by atoms with Crippen molar-refractivity contribution in [2.75, 3.05) is 5.73 Å². The average Bonchev–Trinajstić information content (AvgIpc) is 2.69. The van der Waals surface area contributed by atoms with Crippen LogP contribution in [0.4, 0.5) is 5.69 Å². The Labute approximate surface area is 91.9 Å². The minimum absolute atomic E-state index is 0.167. The predicted molar refractivity (Wildman–Crippen MR) is 60.1 cm³/mol. The van der Waals surface area contributed by atoms with Crippen molar-refractivity contribution in [1.29, 1.82) is 0 Å². The quantitative estimate of drug-likeness (QED) is 0.604. The van der Waals surface area contributed by atoms with Gasteiger partial charge in [-0.1, -0.05) is 17.7 Å². The van der Waals surface area contributed by atoms with Crippen molar-refractivity contribution in [3.8, 4) is 0 Å². The van der Waals surface area contributed by atoms with Crippen LogP contribution in [-0.4, -0.2) is 10.8 Å². The average molecular weight is 221 g/mol. The zero-order valence-corrected chi connectivity index (χ0v) is 8.58. The number of carbonyl (C=O) groups is 1. The highest BCUT2D eigenvalue weighted by atomic mass is 35.5. The third-order valence-corrected chi connectivity index (χ3v) is 2.45. The van der Waals surface area contributed by atoms with E-state index in [9.17, 15) is 4.79 Å². The van der Waals surface area contributed by atoms with Crippen LogP contribution >= 0.6 is 11.6 Å². The molecule has 0 amide bonds. The summed E-state index contributed by atoms with van der Waals surface area (Å²) in [4.78, 5) is 14.8. The van der Waals surface area contributed by atoms with Crippen molar-refractivity contribution in [1.82, 2.24) is 4.98 Å². The molecule has 1 aromatic carbocycles. The van der Waals surface area contributed by atoms with Gasteiger partial charge < -0.3 is 10.7 Å². The molecule has 0 aliphatic rings. The van der Waals surface area contributed by atoms with Crippen LogP contribution in [0.2, 0.25) is 5.02 Å². The number of H-pyrrole nitrogens is 1. The van der Waals surface area contributed by atoms with Crippen molar-refractivity contribution in [2.45, 2.75) is 0 Å². The highest BCUT2D eigenvalue weighted by Crippen LogP contribution is 2.24. The minimum atomic E-state index is -0.167. The van der Waals surface area contributed by atoms with Gasteiger partial charge in [-0.05, 0) is 18.2 Å². The van der Waals surface area contributed by atoms with E-state index in [1.165, 1.54) is 0 Å². The number of hydrogen-bond donors (Lipinski definition) is 2. The van der Waals surface area contributed by atoms with E-state index in [1.807, 2.05) is 0 Å². The van der Waals surface area contributed by atoms with Crippen LogP contribution in [0.1, 0.15) is 15.9 Å². The maximum absolute atomic E-state index is 12.0. The Morgan fingerprint density at radius 3 is 2.73 bits per heavy atom. The van der Waals surface area contributed by atoms with Gasteiger partial charge in [0.25, 0.3) is 0 Å². The number of rotatable bonds is 2. The fourth-order valence-corrected chi connectivity index (χ4v) is 1.66. The predicted octanol–water partition coefficient (Wildman–Crippen LogP) is 2.48. The van der Waals surface area contributed by atoms with Crippen LogP contribution < -0.4 is 5.73 Å². The molecule has 1 heterocycles. The first kappa shape index (κ1) is 9.80. The topological polar surface area (TPSA) is 58.9 Å². The first-order chi connectivity index (χ1) is 7.20. The van der Waals surface area contributed by atoms with Crippen molar-refractivity contribution in [3.63, 3.8) is 0 Å². The Bertz CT molecular complexity index is 471. The molecule has 0 atom stereocenters. The highest BCUT2D eigenvalue weighted by molar-refractivity contribution is 6.35. The van der Waals surface area contributed by atoms with Crippen LogP contribution in [-0.2, 0) is 0 Å². The molecule has 0 saturated heterocycles. The summed E-state index contributed by atoms with van der Waals surface area (Å²) in [5, 5.41) is 0.376. The second-order valence-electron chi connectivity index (χ2n) is 3.13. The lowest BCUT2D eigenvalue weighted by molar-refractivity contribution is 0.104. The summed E-state index contributed by atoms with van der Waals surface area (Å²) in [5.74, 6) is -0.167. The summed E-state index contributed by atoms with van der Waals surface area (Å²) >= 11 is 5.93. The molecule has 0 aliphatic heterocycles. The van der Waals surface area contributed by atoms with Gasteiger partial charge >= 0.3 is 0 Å². The number of carbonyl (C=O) groups excluding carboxylic acids is 1. The van der Waals surface area contributed by atoms with Gasteiger partial charge in [0, 0.05) is 23.6 Å². The zero-order chi connectivity index (χ0) is 10.8. The van der Waals surface area contributed by atoms with Crippen molar-refractivity contribution < 1.29 is 4.79 Å². The minimum Gasteiger partial charge on any atom is -0.398 e. The number of nitrogens with one attached hydrogen (secondary N) is 1. The first-order valence-electron chi connectivity index (χ1n) is 4.41. The Morgan fingerprint density at radius 2 is 2.13 bits per heavy atom. The second kappa shape index (κ2) is 3.79. The fourth-order valence-electron chi connectivity index (χ4n) is 1.39. The molecule has 2 aromatic rings. The van der Waals surface area contributed by atoms with Crippen LogP contribution in [0.15, 0.2) is 36.7 Å². The Kier molecular flexibility index (Phi) is 2.47. The summed E-state index contributed by atoms with van der Waals surface area (Å²) in [7, 11) is 0. The van der Waals surface area contributed by atoms with Gasteiger partial charge in [0.2, 0.25) is 0 Å². The lowest BCUT2D eigenvalue weighted by atomic mass is 10.0. The van der Waals surface area contributed by atoms with E-state index in [2.05, 4.69) is 4.98 Å². The lowest BCUT2D eigenvalue weighted by Gasteiger charge is -2.05. The van der Waals surface area contributed by atoms with Crippen molar-refractivity contribution >= 4 is 23.1 Å². The molecule has 1 aromatic heterocycles. The van der Waals surface area contributed by atoms with E-state index >= 15 is 0 Å². The van der Waals surface area contributed by atoms with Gasteiger partial charge in [-0.15, -0.1) is 0 Å². The molecule has 0 aliphatic carbocycles. The largest absolute Gasteiger partial charge is 0.398 e. The molecule has 0 unspecified atom stereocenters. The highest BCUT2D eigenvalue weighted by Gasteiger charge is 2.15. The summed E-state index contributed by atoms with van der Waals surface area (Å²) in [6, 6.07) is 6.71. The monoisotopic (exact) mass is 220 g/mol. The van der Waals surface area contributed by atoms with Crippen LogP contribution in [0.5, 0.6) is 0 Å². The van der Waals surface area contributed by atoms with Crippen molar-refractivity contribution in [3.05, 3.63) is 52.8 Å². The molecule has 15 heavy (non-hydrogen) atoms. The van der Waals surface area contributed by atoms with Gasteiger partial charge in [-0.25, -0.2) is 0 Å². The third kappa shape index (κ3) is 1.74. The normalized spacial score (nSPS) is 10.2. The van der Waals surface area contributed by atoms with Crippen LogP contribution in [0.25, 0.3) is 0 Å². The van der Waals surface area contributed by atoms with E-state index in [4.69, 9.17) is 17.3 Å². The summed E-state index contributed by atoms with van der Waals surface area (Å²) in [5.41, 5.74) is 7.02. The first-order valence-corrected chi connectivity index (χ1v) is 4.79. The molecule has 0 fully saturated rings. The number of aromatic amines is 1. The Hall–Kier alpha value is -1.74. The molecular weight excluding hydrogens is 212 g/mol. The lowest BCUT2D eigenvalue weighted by Crippen LogP contribution is -2.05. The van der Waals surface area contributed by atoms with Crippen molar-refractivity contribution in [2.24, 2.45) is 0 Å².